The van der Waals surface area contributed by atoms with Crippen LogP contribution in [0.5, 0.6) is 0 Å². The summed E-state index contributed by atoms with van der Waals surface area (Å²) in [5.74, 6) is 1.77. The zero-order chi connectivity index (χ0) is 15.6. The van der Waals surface area contributed by atoms with Crippen LogP contribution in [0.25, 0.3) is 5.65 Å². The molecule has 8 nitrogen and oxygen atoms in total. The number of fused-ring (bicyclic) bond motifs is 1. The summed E-state index contributed by atoms with van der Waals surface area (Å²) in [4.78, 5) is 9.21. The van der Waals surface area contributed by atoms with Gasteiger partial charge in [-0.25, -0.2) is 4.98 Å². The van der Waals surface area contributed by atoms with Gasteiger partial charge in [0, 0.05) is 51.2 Å². The van der Waals surface area contributed by atoms with Crippen molar-refractivity contribution in [2.45, 2.75) is 19.9 Å². The summed E-state index contributed by atoms with van der Waals surface area (Å²) in [6, 6.07) is 2.00. The fraction of sp³-hybridized carbons (Fsp3) is 0.467. The van der Waals surface area contributed by atoms with Crippen molar-refractivity contribution in [3.05, 3.63) is 36.2 Å². The molecule has 4 rings (SSSR count). The Morgan fingerprint density at radius 2 is 2.17 bits per heavy atom. The van der Waals surface area contributed by atoms with E-state index in [1.54, 1.807) is 12.5 Å². The van der Waals surface area contributed by atoms with Crippen LogP contribution in [0, 0.1) is 6.92 Å². The molecule has 0 saturated carbocycles. The fourth-order valence-electron chi connectivity index (χ4n) is 3.03. The summed E-state index contributed by atoms with van der Waals surface area (Å²) < 4.78 is 7.06. The van der Waals surface area contributed by atoms with Crippen molar-refractivity contribution in [3.63, 3.8) is 0 Å². The van der Waals surface area contributed by atoms with Crippen molar-refractivity contribution >= 4 is 11.5 Å². The molecule has 0 unspecified atom stereocenters. The van der Waals surface area contributed by atoms with Gasteiger partial charge in [-0.2, -0.15) is 0 Å². The molecule has 23 heavy (non-hydrogen) atoms. The maximum absolute atomic E-state index is 5.15. The van der Waals surface area contributed by atoms with Crippen LogP contribution in [0.4, 0.5) is 5.82 Å². The van der Waals surface area contributed by atoms with Gasteiger partial charge < -0.3 is 9.42 Å². The van der Waals surface area contributed by atoms with E-state index in [2.05, 4.69) is 30.1 Å². The van der Waals surface area contributed by atoms with E-state index in [-0.39, 0.29) is 0 Å². The summed E-state index contributed by atoms with van der Waals surface area (Å²) in [6.45, 7) is 6.63. The predicted octanol–water partition coefficient (Wildman–Crippen LogP) is 1.13. The molecule has 1 aliphatic rings. The summed E-state index contributed by atoms with van der Waals surface area (Å²) in [6.07, 6.45) is 6.45. The molecule has 120 valence electrons. The lowest BCUT2D eigenvalue weighted by Crippen LogP contribution is -2.31. The van der Waals surface area contributed by atoms with E-state index in [9.17, 15) is 0 Å². The lowest BCUT2D eigenvalue weighted by Gasteiger charge is -2.22. The zero-order valence-corrected chi connectivity index (χ0v) is 13.1. The normalized spacial score (nSPS) is 16.8. The van der Waals surface area contributed by atoms with Crippen molar-refractivity contribution < 1.29 is 4.52 Å². The minimum Gasteiger partial charge on any atom is -0.361 e. The Bertz CT molecular complexity index is 796. The number of rotatable bonds is 3. The largest absolute Gasteiger partial charge is 0.361 e. The number of nitrogens with zero attached hydrogens (tertiary/aromatic N) is 7. The van der Waals surface area contributed by atoms with Crippen LogP contribution in [0.2, 0.25) is 0 Å². The highest BCUT2D eigenvalue weighted by molar-refractivity contribution is 5.63. The molecule has 1 fully saturated rings. The van der Waals surface area contributed by atoms with E-state index < -0.39 is 0 Å². The first kappa shape index (κ1) is 14.1. The summed E-state index contributed by atoms with van der Waals surface area (Å²) in [7, 11) is 0. The van der Waals surface area contributed by atoms with Crippen LogP contribution in [-0.4, -0.2) is 55.8 Å². The lowest BCUT2D eigenvalue weighted by atomic mass is 10.3. The molecule has 3 aromatic rings. The quantitative estimate of drug-likeness (QED) is 0.717. The van der Waals surface area contributed by atoms with E-state index in [1.807, 2.05) is 23.6 Å². The van der Waals surface area contributed by atoms with E-state index in [0.717, 1.165) is 62.1 Å². The second-order valence-corrected chi connectivity index (χ2v) is 5.86. The third-order valence-corrected chi connectivity index (χ3v) is 4.15. The van der Waals surface area contributed by atoms with E-state index in [1.165, 1.54) is 0 Å². The molecular weight excluding hydrogens is 294 g/mol. The average molecular weight is 313 g/mol. The van der Waals surface area contributed by atoms with Crippen molar-refractivity contribution in [3.8, 4) is 0 Å². The molecule has 0 radical (unpaired) electrons. The van der Waals surface area contributed by atoms with Gasteiger partial charge in [0.15, 0.2) is 5.82 Å². The minimum absolute atomic E-state index is 0.813. The molecule has 1 aliphatic heterocycles. The molecule has 0 aliphatic carbocycles. The first-order valence-electron chi connectivity index (χ1n) is 7.83. The monoisotopic (exact) mass is 313 g/mol. The van der Waals surface area contributed by atoms with Gasteiger partial charge in [0.2, 0.25) is 5.65 Å². The van der Waals surface area contributed by atoms with Crippen LogP contribution in [-0.2, 0) is 6.54 Å². The molecular formula is C15H19N7O. The Hall–Kier alpha value is -2.48. The Labute approximate surface area is 133 Å². The molecule has 0 N–H and O–H groups in total. The highest BCUT2D eigenvalue weighted by atomic mass is 16.5. The van der Waals surface area contributed by atoms with Crippen molar-refractivity contribution in [2.24, 2.45) is 0 Å². The van der Waals surface area contributed by atoms with Gasteiger partial charge in [-0.15, -0.1) is 10.2 Å². The second-order valence-electron chi connectivity index (χ2n) is 5.86. The van der Waals surface area contributed by atoms with E-state index in [0.29, 0.717) is 0 Å². The molecule has 0 spiro atoms. The summed E-state index contributed by atoms with van der Waals surface area (Å²) in [5, 5.41) is 12.2. The number of aryl methyl sites for hydroxylation is 1. The topological polar surface area (TPSA) is 75.6 Å². The number of anilines is 1. The smallest absolute Gasteiger partial charge is 0.203 e. The Balaban J connectivity index is 1.47. The van der Waals surface area contributed by atoms with Gasteiger partial charge in [0.05, 0.1) is 5.69 Å². The molecule has 0 atom stereocenters. The molecule has 0 amide bonds. The van der Waals surface area contributed by atoms with E-state index >= 15 is 0 Å². The summed E-state index contributed by atoms with van der Waals surface area (Å²) >= 11 is 0. The standard InChI is InChI=1S/C15H19N7O/c1-12-9-13(19-23-12)10-20-4-2-5-21(8-7-20)14-15-18-17-11-22(15)6-3-16-14/h3,6,9,11H,2,4-5,7-8,10H2,1H3. The fourth-order valence-corrected chi connectivity index (χ4v) is 3.03. The van der Waals surface area contributed by atoms with Crippen molar-refractivity contribution in [1.82, 2.24) is 29.6 Å². The summed E-state index contributed by atoms with van der Waals surface area (Å²) in [5.41, 5.74) is 1.81. The maximum atomic E-state index is 5.15. The van der Waals surface area contributed by atoms with Gasteiger partial charge in [-0.05, 0) is 13.3 Å². The zero-order valence-electron chi connectivity index (χ0n) is 13.1. The first-order chi connectivity index (χ1) is 11.3. The van der Waals surface area contributed by atoms with Crippen LogP contribution in [0.15, 0.2) is 29.3 Å². The molecule has 0 aromatic carbocycles. The third kappa shape index (κ3) is 2.89. The number of hydrogen-bond acceptors (Lipinski definition) is 7. The van der Waals surface area contributed by atoms with Crippen LogP contribution in [0.3, 0.4) is 0 Å². The van der Waals surface area contributed by atoms with Crippen LogP contribution < -0.4 is 4.90 Å². The second kappa shape index (κ2) is 5.96. The lowest BCUT2D eigenvalue weighted by molar-refractivity contribution is 0.273. The van der Waals surface area contributed by atoms with Crippen LogP contribution >= 0.6 is 0 Å². The molecule has 8 heteroatoms. The number of aromatic nitrogens is 5. The Morgan fingerprint density at radius 1 is 1.22 bits per heavy atom. The van der Waals surface area contributed by atoms with Gasteiger partial charge in [-0.1, -0.05) is 5.16 Å². The average Bonchev–Trinajstić information content (AvgIpc) is 3.12. The van der Waals surface area contributed by atoms with Crippen molar-refractivity contribution in [1.29, 1.82) is 0 Å². The Morgan fingerprint density at radius 3 is 3.04 bits per heavy atom. The van der Waals surface area contributed by atoms with E-state index in [4.69, 9.17) is 4.52 Å². The molecule has 1 saturated heterocycles. The van der Waals surface area contributed by atoms with Crippen molar-refractivity contribution in [2.75, 3.05) is 31.1 Å². The van der Waals surface area contributed by atoms with Gasteiger partial charge in [-0.3, -0.25) is 9.30 Å². The van der Waals surface area contributed by atoms with Gasteiger partial charge in [0.25, 0.3) is 0 Å². The predicted molar refractivity (Wildman–Crippen MR) is 84.1 cm³/mol. The highest BCUT2D eigenvalue weighted by Gasteiger charge is 2.19. The first-order valence-corrected chi connectivity index (χ1v) is 7.83. The molecule has 4 heterocycles. The van der Waals surface area contributed by atoms with Gasteiger partial charge >= 0.3 is 0 Å². The molecule has 0 bridgehead atoms. The highest BCUT2D eigenvalue weighted by Crippen LogP contribution is 2.18. The van der Waals surface area contributed by atoms with Gasteiger partial charge in [0.1, 0.15) is 12.1 Å². The Kier molecular flexibility index (Phi) is 3.66. The third-order valence-electron chi connectivity index (χ3n) is 4.15. The SMILES string of the molecule is Cc1cc(CN2CCCN(c3nccn4cnnc34)CC2)no1. The number of hydrogen-bond donors (Lipinski definition) is 0. The van der Waals surface area contributed by atoms with Crippen LogP contribution in [0.1, 0.15) is 17.9 Å². The maximum Gasteiger partial charge on any atom is 0.203 e. The molecule has 3 aromatic heterocycles. The minimum atomic E-state index is 0.813.